The average Bonchev–Trinajstić information content (AvgIpc) is 2.81. The molecule has 20 heavy (non-hydrogen) atoms. The van der Waals surface area contributed by atoms with Crippen LogP contribution in [0.25, 0.3) is 10.9 Å². The van der Waals surface area contributed by atoms with Crippen molar-refractivity contribution in [2.75, 3.05) is 0 Å². The number of H-pyrrole nitrogens is 1. The van der Waals surface area contributed by atoms with Gasteiger partial charge in [0.05, 0.1) is 5.56 Å². The molecular weight excluding hydrogens is 258 g/mol. The van der Waals surface area contributed by atoms with Crippen molar-refractivity contribution in [3.63, 3.8) is 0 Å². The van der Waals surface area contributed by atoms with Crippen molar-refractivity contribution in [2.45, 2.75) is 0 Å². The molecule has 4 N–H and O–H groups in total. The van der Waals surface area contributed by atoms with E-state index in [1.807, 2.05) is 0 Å². The van der Waals surface area contributed by atoms with Crippen LogP contribution in [0.3, 0.4) is 0 Å². The van der Waals surface area contributed by atoms with Crippen molar-refractivity contribution < 1.29 is 20.1 Å². The fourth-order valence-electron chi connectivity index (χ4n) is 2.15. The highest BCUT2D eigenvalue weighted by Crippen LogP contribution is 2.29. The lowest BCUT2D eigenvalue weighted by Crippen LogP contribution is -2.00. The molecule has 1 aromatic heterocycles. The van der Waals surface area contributed by atoms with Gasteiger partial charge in [-0.15, -0.1) is 0 Å². The Morgan fingerprint density at radius 2 is 1.60 bits per heavy atom. The van der Waals surface area contributed by atoms with Crippen LogP contribution >= 0.6 is 0 Å². The minimum atomic E-state index is -0.389. The number of aromatic amines is 1. The standard InChI is InChI=1S/C15H11NO4/c17-8-2-4-13-11(5-8)12(7-16-13)15(20)10-3-1-9(18)6-14(10)19/h1-7,16-19H. The molecule has 0 saturated carbocycles. The van der Waals surface area contributed by atoms with Crippen LogP contribution in [0.4, 0.5) is 0 Å². The number of aromatic hydroxyl groups is 3. The van der Waals surface area contributed by atoms with Crippen LogP contribution in [-0.4, -0.2) is 26.1 Å². The lowest BCUT2D eigenvalue weighted by atomic mass is 10.0. The summed E-state index contributed by atoms with van der Waals surface area (Å²) in [4.78, 5) is 15.4. The van der Waals surface area contributed by atoms with Crippen LogP contribution < -0.4 is 0 Å². The normalized spacial score (nSPS) is 10.8. The summed E-state index contributed by atoms with van der Waals surface area (Å²) in [6.07, 6.45) is 1.53. The van der Waals surface area contributed by atoms with Crippen LogP contribution in [0, 0.1) is 0 Å². The SMILES string of the molecule is O=C(c1ccc(O)cc1O)c1c[nH]c2ccc(O)cc12. The number of hydrogen-bond donors (Lipinski definition) is 4. The molecule has 5 nitrogen and oxygen atoms in total. The van der Waals surface area contributed by atoms with Gasteiger partial charge in [0.2, 0.25) is 0 Å². The average molecular weight is 269 g/mol. The van der Waals surface area contributed by atoms with Crippen molar-refractivity contribution in [1.82, 2.24) is 4.98 Å². The monoisotopic (exact) mass is 269 g/mol. The molecule has 5 heteroatoms. The first-order valence-corrected chi connectivity index (χ1v) is 5.93. The molecule has 0 aliphatic rings. The molecule has 0 aliphatic heterocycles. The molecule has 0 saturated heterocycles. The van der Waals surface area contributed by atoms with Crippen LogP contribution in [0.1, 0.15) is 15.9 Å². The molecule has 3 rings (SSSR count). The molecule has 0 radical (unpaired) electrons. The number of hydrogen-bond acceptors (Lipinski definition) is 4. The Kier molecular flexibility index (Phi) is 2.61. The molecule has 0 fully saturated rings. The third-order valence-corrected chi connectivity index (χ3v) is 3.14. The van der Waals surface area contributed by atoms with Gasteiger partial charge in [-0.1, -0.05) is 0 Å². The van der Waals surface area contributed by atoms with E-state index in [2.05, 4.69) is 4.98 Å². The summed E-state index contributed by atoms with van der Waals surface area (Å²) in [7, 11) is 0. The van der Waals surface area contributed by atoms with Crippen LogP contribution in [0.15, 0.2) is 42.6 Å². The molecule has 1 heterocycles. The van der Waals surface area contributed by atoms with Crippen molar-refractivity contribution in [3.8, 4) is 17.2 Å². The third-order valence-electron chi connectivity index (χ3n) is 3.14. The summed E-state index contributed by atoms with van der Waals surface area (Å²) in [5.74, 6) is -0.736. The first-order valence-electron chi connectivity index (χ1n) is 5.93. The van der Waals surface area contributed by atoms with E-state index in [4.69, 9.17) is 0 Å². The van der Waals surface area contributed by atoms with Gasteiger partial charge in [-0.3, -0.25) is 4.79 Å². The molecule has 100 valence electrons. The van der Waals surface area contributed by atoms with E-state index < -0.39 is 0 Å². The van der Waals surface area contributed by atoms with E-state index in [9.17, 15) is 20.1 Å². The number of carbonyl (C=O) groups excluding carboxylic acids is 1. The van der Waals surface area contributed by atoms with Crippen molar-refractivity contribution in [2.24, 2.45) is 0 Å². The number of fused-ring (bicyclic) bond motifs is 1. The minimum Gasteiger partial charge on any atom is -0.508 e. The van der Waals surface area contributed by atoms with Gasteiger partial charge in [-0.25, -0.2) is 0 Å². The van der Waals surface area contributed by atoms with Crippen LogP contribution in [0.5, 0.6) is 17.2 Å². The van der Waals surface area contributed by atoms with E-state index in [-0.39, 0.29) is 28.6 Å². The minimum absolute atomic E-state index is 0.0566. The van der Waals surface area contributed by atoms with Gasteiger partial charge < -0.3 is 20.3 Å². The summed E-state index contributed by atoms with van der Waals surface area (Å²) < 4.78 is 0. The Hall–Kier alpha value is -2.95. The number of nitrogens with one attached hydrogen (secondary N) is 1. The Labute approximate surface area is 113 Å². The fourth-order valence-corrected chi connectivity index (χ4v) is 2.15. The second kappa shape index (κ2) is 4.31. The Morgan fingerprint density at radius 1 is 0.900 bits per heavy atom. The first-order chi connectivity index (χ1) is 9.56. The van der Waals surface area contributed by atoms with Gasteiger partial charge in [0.15, 0.2) is 5.78 Å². The molecule has 0 spiro atoms. The molecule has 0 bridgehead atoms. The zero-order valence-corrected chi connectivity index (χ0v) is 10.3. The maximum atomic E-state index is 12.4. The highest BCUT2D eigenvalue weighted by Gasteiger charge is 2.18. The molecule has 3 aromatic rings. The van der Waals surface area contributed by atoms with Gasteiger partial charge in [-0.05, 0) is 30.3 Å². The zero-order valence-electron chi connectivity index (χ0n) is 10.3. The van der Waals surface area contributed by atoms with Gasteiger partial charge in [-0.2, -0.15) is 0 Å². The van der Waals surface area contributed by atoms with Crippen molar-refractivity contribution in [1.29, 1.82) is 0 Å². The number of carbonyl (C=O) groups is 1. The number of aromatic nitrogens is 1. The number of rotatable bonds is 2. The molecular formula is C15H11NO4. The van der Waals surface area contributed by atoms with Gasteiger partial charge in [0, 0.05) is 28.7 Å². The van der Waals surface area contributed by atoms with E-state index in [1.165, 1.54) is 30.5 Å². The Morgan fingerprint density at radius 3 is 2.35 bits per heavy atom. The van der Waals surface area contributed by atoms with Crippen LogP contribution in [-0.2, 0) is 0 Å². The third kappa shape index (κ3) is 1.85. The summed E-state index contributed by atoms with van der Waals surface area (Å²) in [6, 6.07) is 8.47. The largest absolute Gasteiger partial charge is 0.508 e. The predicted molar refractivity (Wildman–Crippen MR) is 73.2 cm³/mol. The topological polar surface area (TPSA) is 93.5 Å². The number of phenols is 3. The summed E-state index contributed by atoms with van der Waals surface area (Å²) in [5, 5.41) is 29.1. The van der Waals surface area contributed by atoms with Gasteiger partial charge in [0.1, 0.15) is 17.2 Å². The lowest BCUT2D eigenvalue weighted by Gasteiger charge is -2.03. The quantitative estimate of drug-likeness (QED) is 0.538. The number of benzene rings is 2. The fraction of sp³-hybridized carbons (Fsp3) is 0. The van der Waals surface area contributed by atoms with E-state index in [0.717, 1.165) is 6.07 Å². The maximum Gasteiger partial charge on any atom is 0.198 e. The maximum absolute atomic E-state index is 12.4. The molecule has 0 amide bonds. The predicted octanol–water partition coefficient (Wildman–Crippen LogP) is 2.52. The number of phenolic OH excluding ortho intramolecular Hbond substituents is 3. The molecule has 0 atom stereocenters. The first kappa shape index (κ1) is 12.1. The highest BCUT2D eigenvalue weighted by atomic mass is 16.3. The van der Waals surface area contributed by atoms with E-state index >= 15 is 0 Å². The molecule has 2 aromatic carbocycles. The summed E-state index contributed by atoms with van der Waals surface area (Å²) in [6.45, 7) is 0. The smallest absolute Gasteiger partial charge is 0.198 e. The summed E-state index contributed by atoms with van der Waals surface area (Å²) >= 11 is 0. The van der Waals surface area contributed by atoms with Crippen LogP contribution in [0.2, 0.25) is 0 Å². The molecule has 0 unspecified atom stereocenters. The van der Waals surface area contributed by atoms with E-state index in [0.29, 0.717) is 16.5 Å². The van der Waals surface area contributed by atoms with Crippen molar-refractivity contribution in [3.05, 3.63) is 53.7 Å². The van der Waals surface area contributed by atoms with Gasteiger partial charge in [0.25, 0.3) is 0 Å². The molecule has 0 aliphatic carbocycles. The second-order valence-corrected chi connectivity index (χ2v) is 4.46. The van der Waals surface area contributed by atoms with Gasteiger partial charge >= 0.3 is 0 Å². The van der Waals surface area contributed by atoms with Crippen molar-refractivity contribution >= 4 is 16.7 Å². The summed E-state index contributed by atoms with van der Waals surface area (Å²) in [5.41, 5.74) is 1.15. The number of ketones is 1. The highest BCUT2D eigenvalue weighted by molar-refractivity contribution is 6.17. The second-order valence-electron chi connectivity index (χ2n) is 4.46. The Balaban J connectivity index is 2.15. The lowest BCUT2D eigenvalue weighted by molar-refractivity contribution is 0.103. The zero-order chi connectivity index (χ0) is 14.3. The van der Waals surface area contributed by atoms with E-state index in [1.54, 1.807) is 6.07 Å². The Bertz CT molecular complexity index is 820.